The van der Waals surface area contributed by atoms with Gasteiger partial charge in [0, 0.05) is 31.2 Å². The molecule has 1 amide bonds. The number of nitrogens with zero attached hydrogens (tertiary/aromatic N) is 1. The number of benzene rings is 1. The molecular formula is C13H17NO4S. The number of carbonyl (C=O) groups excluding carboxylic acids is 1. The van der Waals surface area contributed by atoms with Gasteiger partial charge in [-0.3, -0.25) is 9.00 Å². The van der Waals surface area contributed by atoms with E-state index in [1.807, 2.05) is 0 Å². The van der Waals surface area contributed by atoms with Crippen LogP contribution < -0.4 is 0 Å². The highest BCUT2D eigenvalue weighted by molar-refractivity contribution is 7.85. The molecule has 0 saturated heterocycles. The highest BCUT2D eigenvalue weighted by Gasteiger charge is 2.13. The largest absolute Gasteiger partial charge is 0.478 e. The van der Waals surface area contributed by atoms with Gasteiger partial charge in [0.15, 0.2) is 0 Å². The van der Waals surface area contributed by atoms with E-state index in [1.54, 1.807) is 33.2 Å². The number of carboxylic acids is 1. The van der Waals surface area contributed by atoms with Crippen LogP contribution in [0, 0.1) is 6.92 Å². The first-order valence-electron chi connectivity index (χ1n) is 5.75. The van der Waals surface area contributed by atoms with Gasteiger partial charge in [0.2, 0.25) is 5.91 Å². The second-order valence-electron chi connectivity index (χ2n) is 4.37. The Hall–Kier alpha value is -1.69. The lowest BCUT2D eigenvalue weighted by atomic mass is 10.1. The Kier molecular flexibility index (Phi) is 5.23. The van der Waals surface area contributed by atoms with Crippen molar-refractivity contribution in [2.45, 2.75) is 18.2 Å². The third-order valence-electron chi connectivity index (χ3n) is 2.70. The van der Waals surface area contributed by atoms with Gasteiger partial charge >= 0.3 is 5.97 Å². The van der Waals surface area contributed by atoms with Crippen LogP contribution in [-0.2, 0) is 15.6 Å². The molecule has 1 aromatic rings. The maximum atomic E-state index is 12.0. The van der Waals surface area contributed by atoms with Gasteiger partial charge in [-0.2, -0.15) is 0 Å². The zero-order valence-electron chi connectivity index (χ0n) is 11.2. The van der Waals surface area contributed by atoms with E-state index in [1.165, 1.54) is 11.0 Å². The van der Waals surface area contributed by atoms with Crippen molar-refractivity contribution in [3.63, 3.8) is 0 Å². The summed E-state index contributed by atoms with van der Waals surface area (Å²) in [4.78, 5) is 24.3. The molecule has 0 aliphatic heterocycles. The standard InChI is InChI=1S/C13H17NO4S/c1-9-4-5-10(8-11(9)13(16)17)19(18)7-6-12(15)14(2)3/h4-5,8H,6-7H2,1-3H3,(H,16,17). The normalized spacial score (nSPS) is 11.9. The summed E-state index contributed by atoms with van der Waals surface area (Å²) in [6.45, 7) is 1.69. The number of aryl methyl sites for hydroxylation is 1. The number of hydrogen-bond acceptors (Lipinski definition) is 3. The molecule has 0 aliphatic carbocycles. The molecule has 0 radical (unpaired) electrons. The van der Waals surface area contributed by atoms with Crippen LogP contribution in [0.4, 0.5) is 0 Å². The third-order valence-corrected chi connectivity index (χ3v) is 4.06. The Balaban J connectivity index is 2.81. The van der Waals surface area contributed by atoms with Gasteiger partial charge in [-0.25, -0.2) is 4.79 Å². The Morgan fingerprint density at radius 1 is 1.32 bits per heavy atom. The molecular weight excluding hydrogens is 266 g/mol. The number of aromatic carboxylic acids is 1. The fraction of sp³-hybridized carbons (Fsp3) is 0.385. The molecule has 19 heavy (non-hydrogen) atoms. The minimum absolute atomic E-state index is 0.0982. The molecule has 6 heteroatoms. The van der Waals surface area contributed by atoms with E-state index >= 15 is 0 Å². The van der Waals surface area contributed by atoms with Crippen molar-refractivity contribution < 1.29 is 18.9 Å². The molecule has 1 N–H and O–H groups in total. The second-order valence-corrected chi connectivity index (χ2v) is 5.94. The third kappa shape index (κ3) is 4.17. The Morgan fingerprint density at radius 2 is 1.95 bits per heavy atom. The summed E-state index contributed by atoms with van der Waals surface area (Å²) in [5.74, 6) is -0.946. The van der Waals surface area contributed by atoms with Crippen molar-refractivity contribution in [2.24, 2.45) is 0 Å². The fourth-order valence-corrected chi connectivity index (χ4v) is 2.56. The van der Waals surface area contributed by atoms with Crippen LogP contribution in [-0.4, -0.2) is 45.9 Å². The number of hydrogen-bond donors (Lipinski definition) is 1. The van der Waals surface area contributed by atoms with Crippen molar-refractivity contribution in [1.29, 1.82) is 0 Å². The predicted octanol–water partition coefficient (Wildman–Crippen LogP) is 1.28. The van der Waals surface area contributed by atoms with E-state index in [4.69, 9.17) is 5.11 Å². The lowest BCUT2D eigenvalue weighted by molar-refractivity contribution is -0.128. The molecule has 1 unspecified atom stereocenters. The molecule has 5 nitrogen and oxygen atoms in total. The van der Waals surface area contributed by atoms with Gasteiger partial charge < -0.3 is 10.0 Å². The average molecular weight is 283 g/mol. The van der Waals surface area contributed by atoms with Crippen molar-refractivity contribution in [3.8, 4) is 0 Å². The molecule has 0 fully saturated rings. The van der Waals surface area contributed by atoms with Crippen LogP contribution >= 0.6 is 0 Å². The molecule has 0 aromatic heterocycles. The van der Waals surface area contributed by atoms with Gasteiger partial charge in [-0.15, -0.1) is 0 Å². The molecule has 1 atom stereocenters. The highest BCUT2D eigenvalue weighted by Crippen LogP contribution is 2.15. The smallest absolute Gasteiger partial charge is 0.335 e. The minimum atomic E-state index is -1.37. The minimum Gasteiger partial charge on any atom is -0.478 e. The molecule has 0 bridgehead atoms. The number of amides is 1. The van der Waals surface area contributed by atoms with E-state index in [0.717, 1.165) is 0 Å². The molecule has 0 saturated carbocycles. The van der Waals surface area contributed by atoms with Crippen LogP contribution in [0.25, 0.3) is 0 Å². The van der Waals surface area contributed by atoms with Gasteiger partial charge in [0.05, 0.1) is 16.4 Å². The lowest BCUT2D eigenvalue weighted by Gasteiger charge is -2.10. The number of rotatable bonds is 5. The first-order chi connectivity index (χ1) is 8.82. The van der Waals surface area contributed by atoms with Gasteiger partial charge in [0.1, 0.15) is 0 Å². The summed E-state index contributed by atoms with van der Waals surface area (Å²) in [5.41, 5.74) is 0.766. The van der Waals surface area contributed by atoms with Gasteiger partial charge in [-0.05, 0) is 24.6 Å². The first kappa shape index (κ1) is 15.4. The zero-order chi connectivity index (χ0) is 14.6. The van der Waals surface area contributed by atoms with Crippen LogP contribution in [0.3, 0.4) is 0 Å². The molecule has 1 rings (SSSR count). The van der Waals surface area contributed by atoms with Crippen LogP contribution in [0.5, 0.6) is 0 Å². The van der Waals surface area contributed by atoms with E-state index in [2.05, 4.69) is 0 Å². The maximum absolute atomic E-state index is 12.0. The molecule has 1 aromatic carbocycles. The summed E-state index contributed by atoms with van der Waals surface area (Å²) >= 11 is 0. The van der Waals surface area contributed by atoms with E-state index in [9.17, 15) is 13.8 Å². The van der Waals surface area contributed by atoms with Crippen molar-refractivity contribution >= 4 is 22.7 Å². The zero-order valence-corrected chi connectivity index (χ0v) is 12.0. The fourth-order valence-electron chi connectivity index (χ4n) is 1.49. The SMILES string of the molecule is Cc1ccc(S(=O)CCC(=O)N(C)C)cc1C(=O)O. The summed E-state index contributed by atoms with van der Waals surface area (Å²) in [6.07, 6.45) is 0.176. The van der Waals surface area contributed by atoms with Crippen molar-refractivity contribution in [1.82, 2.24) is 4.90 Å². The summed E-state index contributed by atoms with van der Waals surface area (Å²) < 4.78 is 12.0. The van der Waals surface area contributed by atoms with Gasteiger partial charge in [0.25, 0.3) is 0 Å². The monoisotopic (exact) mass is 283 g/mol. The summed E-state index contributed by atoms with van der Waals surface area (Å²) in [5, 5.41) is 9.00. The quantitative estimate of drug-likeness (QED) is 0.883. The molecule has 104 valence electrons. The van der Waals surface area contributed by atoms with E-state index < -0.39 is 16.8 Å². The van der Waals surface area contributed by atoms with Crippen LogP contribution in [0.1, 0.15) is 22.3 Å². The number of carbonyl (C=O) groups is 2. The predicted molar refractivity (Wildman–Crippen MR) is 72.7 cm³/mol. The molecule has 0 heterocycles. The Morgan fingerprint density at radius 3 is 2.47 bits per heavy atom. The molecule has 0 spiro atoms. The van der Waals surface area contributed by atoms with Gasteiger partial charge in [-0.1, -0.05) is 6.07 Å². The summed E-state index contributed by atoms with van der Waals surface area (Å²) in [6, 6.07) is 4.68. The second kappa shape index (κ2) is 6.47. The molecule has 0 aliphatic rings. The summed E-state index contributed by atoms with van der Waals surface area (Å²) in [7, 11) is 1.91. The van der Waals surface area contributed by atoms with Crippen LogP contribution in [0.15, 0.2) is 23.1 Å². The first-order valence-corrected chi connectivity index (χ1v) is 7.07. The van der Waals surface area contributed by atoms with E-state index in [-0.39, 0.29) is 23.6 Å². The topological polar surface area (TPSA) is 74.7 Å². The van der Waals surface area contributed by atoms with Crippen molar-refractivity contribution in [3.05, 3.63) is 29.3 Å². The lowest BCUT2D eigenvalue weighted by Crippen LogP contribution is -2.23. The van der Waals surface area contributed by atoms with Crippen LogP contribution in [0.2, 0.25) is 0 Å². The average Bonchev–Trinajstić information content (AvgIpc) is 2.35. The van der Waals surface area contributed by atoms with Crippen molar-refractivity contribution in [2.75, 3.05) is 19.8 Å². The Labute approximate surface area is 114 Å². The van der Waals surface area contributed by atoms with E-state index in [0.29, 0.717) is 10.5 Å². The maximum Gasteiger partial charge on any atom is 0.335 e. The Bertz CT molecular complexity index is 525. The highest BCUT2D eigenvalue weighted by atomic mass is 32.2. The number of carboxylic acid groups (broad SMARTS) is 1.